The lowest BCUT2D eigenvalue weighted by molar-refractivity contribution is 0.0638. The van der Waals surface area contributed by atoms with Crippen molar-refractivity contribution in [3.63, 3.8) is 0 Å². The normalized spacial score (nSPS) is 29.1. The van der Waals surface area contributed by atoms with Crippen LogP contribution in [0.5, 0.6) is 0 Å². The molecule has 0 amide bonds. The first-order chi connectivity index (χ1) is 9.78. The predicted molar refractivity (Wildman–Crippen MR) is 69.2 cm³/mol. The van der Waals surface area contributed by atoms with Gasteiger partial charge in [0.1, 0.15) is 6.61 Å². The van der Waals surface area contributed by atoms with Gasteiger partial charge in [-0.05, 0) is 25.9 Å². The molecule has 7 heteroatoms. The minimum absolute atomic E-state index is 0.141. The van der Waals surface area contributed by atoms with Gasteiger partial charge >= 0.3 is 0 Å². The fourth-order valence-electron chi connectivity index (χ4n) is 2.97. The summed E-state index contributed by atoms with van der Waals surface area (Å²) in [6.45, 7) is 3.30. The first-order valence-corrected chi connectivity index (χ1v) is 7.09. The number of methoxy groups -OCH3 is 1. The van der Waals surface area contributed by atoms with Crippen molar-refractivity contribution in [3.8, 4) is 0 Å². The van der Waals surface area contributed by atoms with Crippen LogP contribution in [-0.4, -0.2) is 65.8 Å². The highest BCUT2D eigenvalue weighted by Crippen LogP contribution is 2.29. The Labute approximate surface area is 117 Å². The first-order valence-electron chi connectivity index (χ1n) is 7.09. The van der Waals surface area contributed by atoms with Gasteiger partial charge in [-0.3, -0.25) is 4.90 Å². The van der Waals surface area contributed by atoms with E-state index in [1.807, 2.05) is 0 Å². The fourth-order valence-corrected chi connectivity index (χ4v) is 2.97. The largest absolute Gasteiger partial charge is 0.422 e. The van der Waals surface area contributed by atoms with E-state index in [2.05, 4.69) is 15.1 Å². The molecule has 0 spiro atoms. The fraction of sp³-hybridized carbons (Fsp3) is 0.846. The molecule has 20 heavy (non-hydrogen) atoms. The summed E-state index contributed by atoms with van der Waals surface area (Å²) in [6, 6.07) is 0.141. The molecule has 112 valence electrons. The average molecular weight is 283 g/mol. The van der Waals surface area contributed by atoms with Crippen LogP contribution in [0.4, 0.5) is 0 Å². The summed E-state index contributed by atoms with van der Waals surface area (Å²) in [5, 5.41) is 17.9. The number of piperidine rings is 1. The van der Waals surface area contributed by atoms with Gasteiger partial charge in [0, 0.05) is 13.0 Å². The lowest BCUT2D eigenvalue weighted by atomic mass is 9.95. The zero-order valence-corrected chi connectivity index (χ0v) is 11.7. The van der Waals surface area contributed by atoms with Gasteiger partial charge in [-0.2, -0.15) is 0 Å². The molecule has 1 N–H and O–H groups in total. The third-order valence-corrected chi connectivity index (χ3v) is 4.12. The second-order valence-electron chi connectivity index (χ2n) is 5.45. The number of hydrogen-bond donors (Lipinski definition) is 1. The molecule has 2 atom stereocenters. The van der Waals surface area contributed by atoms with Gasteiger partial charge in [0.25, 0.3) is 0 Å². The van der Waals surface area contributed by atoms with Gasteiger partial charge < -0.3 is 19.0 Å². The van der Waals surface area contributed by atoms with Gasteiger partial charge in [0.15, 0.2) is 0 Å². The number of aliphatic hydroxyl groups excluding tert-OH is 1. The summed E-state index contributed by atoms with van der Waals surface area (Å²) in [5.41, 5.74) is 0. The van der Waals surface area contributed by atoms with E-state index in [1.54, 1.807) is 7.11 Å². The Bertz CT molecular complexity index is 431. The van der Waals surface area contributed by atoms with Crippen molar-refractivity contribution in [2.24, 2.45) is 0 Å². The average Bonchev–Trinajstić information content (AvgIpc) is 3.09. The van der Waals surface area contributed by atoms with Crippen LogP contribution >= 0.6 is 0 Å². The molecule has 0 aromatic carbocycles. The van der Waals surface area contributed by atoms with Crippen LogP contribution in [0.15, 0.2) is 4.42 Å². The Morgan fingerprint density at radius 1 is 1.30 bits per heavy atom. The molecule has 3 rings (SSSR count). The number of rotatable bonds is 4. The number of aromatic nitrogens is 2. The van der Waals surface area contributed by atoms with Gasteiger partial charge in [-0.15, -0.1) is 10.2 Å². The van der Waals surface area contributed by atoms with Gasteiger partial charge in [0.05, 0.1) is 25.4 Å². The summed E-state index contributed by atoms with van der Waals surface area (Å²) in [7, 11) is 1.61. The van der Waals surface area contributed by atoms with Crippen LogP contribution in [0.1, 0.15) is 30.5 Å². The maximum atomic E-state index is 9.87. The van der Waals surface area contributed by atoms with Crippen molar-refractivity contribution >= 4 is 0 Å². The molecular weight excluding hydrogens is 262 g/mol. The van der Waals surface area contributed by atoms with E-state index in [4.69, 9.17) is 13.9 Å². The van der Waals surface area contributed by atoms with Gasteiger partial charge in [0.2, 0.25) is 11.8 Å². The SMILES string of the molecule is COCc1nnc(C2CCN([C@@H]3COC[C@H]3O)CC2)o1. The zero-order valence-electron chi connectivity index (χ0n) is 11.7. The van der Waals surface area contributed by atoms with Gasteiger partial charge in [-0.25, -0.2) is 0 Å². The Balaban J connectivity index is 1.55. The van der Waals surface area contributed by atoms with E-state index >= 15 is 0 Å². The number of hydrogen-bond acceptors (Lipinski definition) is 7. The zero-order chi connectivity index (χ0) is 13.9. The molecule has 2 aliphatic rings. The summed E-state index contributed by atoms with van der Waals surface area (Å²) >= 11 is 0. The number of ether oxygens (including phenoxy) is 2. The van der Waals surface area contributed by atoms with E-state index in [9.17, 15) is 5.11 Å². The van der Waals surface area contributed by atoms with E-state index in [-0.39, 0.29) is 12.1 Å². The Morgan fingerprint density at radius 3 is 2.75 bits per heavy atom. The molecule has 7 nitrogen and oxygen atoms in total. The molecule has 1 aromatic rings. The van der Waals surface area contributed by atoms with E-state index in [0.717, 1.165) is 25.9 Å². The van der Waals surface area contributed by atoms with Crippen LogP contribution in [0.3, 0.4) is 0 Å². The molecule has 1 aromatic heterocycles. The minimum Gasteiger partial charge on any atom is -0.422 e. The first kappa shape index (κ1) is 13.9. The highest BCUT2D eigenvalue weighted by atomic mass is 16.5. The standard InChI is InChI=1S/C13H21N3O4/c1-18-8-12-14-15-13(20-12)9-2-4-16(5-3-9)10-6-19-7-11(10)17/h9-11,17H,2-8H2,1H3/t10-,11-/m1/s1. The van der Waals surface area contributed by atoms with Crippen molar-refractivity contribution in [1.29, 1.82) is 0 Å². The van der Waals surface area contributed by atoms with Crippen molar-refractivity contribution in [2.75, 3.05) is 33.4 Å². The lowest BCUT2D eigenvalue weighted by Gasteiger charge is -2.35. The molecule has 2 saturated heterocycles. The third-order valence-electron chi connectivity index (χ3n) is 4.12. The smallest absolute Gasteiger partial charge is 0.242 e. The molecule has 0 bridgehead atoms. The number of aliphatic hydroxyl groups is 1. The third kappa shape index (κ3) is 2.85. The topological polar surface area (TPSA) is 80.9 Å². The van der Waals surface area contributed by atoms with E-state index in [1.165, 1.54) is 0 Å². The van der Waals surface area contributed by atoms with Crippen LogP contribution in [-0.2, 0) is 16.1 Å². The molecular formula is C13H21N3O4. The van der Waals surface area contributed by atoms with Crippen LogP contribution in [0.25, 0.3) is 0 Å². The maximum absolute atomic E-state index is 9.87. The molecule has 3 heterocycles. The molecule has 0 saturated carbocycles. The van der Waals surface area contributed by atoms with Gasteiger partial charge in [-0.1, -0.05) is 0 Å². The van der Waals surface area contributed by atoms with Crippen molar-refractivity contribution < 1.29 is 19.0 Å². The number of nitrogens with zero attached hydrogens (tertiary/aromatic N) is 3. The molecule has 0 aliphatic carbocycles. The lowest BCUT2D eigenvalue weighted by Crippen LogP contribution is -2.46. The summed E-state index contributed by atoms with van der Waals surface area (Å²) < 4.78 is 15.9. The van der Waals surface area contributed by atoms with Crippen LogP contribution < -0.4 is 0 Å². The van der Waals surface area contributed by atoms with Crippen LogP contribution in [0.2, 0.25) is 0 Å². The minimum atomic E-state index is -0.358. The predicted octanol–water partition coefficient (Wildman–Crippen LogP) is 0.155. The molecule has 0 unspecified atom stereocenters. The number of likely N-dealkylation sites (tertiary alicyclic amines) is 1. The van der Waals surface area contributed by atoms with Crippen LogP contribution in [0, 0.1) is 0 Å². The van der Waals surface area contributed by atoms with Crippen molar-refractivity contribution in [2.45, 2.75) is 37.5 Å². The Hall–Kier alpha value is -1.02. The van der Waals surface area contributed by atoms with Crippen molar-refractivity contribution in [1.82, 2.24) is 15.1 Å². The van der Waals surface area contributed by atoms with E-state index < -0.39 is 0 Å². The summed E-state index contributed by atoms with van der Waals surface area (Å²) in [6.07, 6.45) is 1.58. The Morgan fingerprint density at radius 2 is 2.10 bits per heavy atom. The molecule has 2 aliphatic heterocycles. The highest BCUT2D eigenvalue weighted by Gasteiger charge is 2.35. The van der Waals surface area contributed by atoms with E-state index in [0.29, 0.717) is 37.5 Å². The molecule has 0 radical (unpaired) electrons. The second-order valence-corrected chi connectivity index (χ2v) is 5.45. The molecule has 2 fully saturated rings. The summed E-state index contributed by atoms with van der Waals surface area (Å²) in [4.78, 5) is 2.31. The maximum Gasteiger partial charge on any atom is 0.242 e. The monoisotopic (exact) mass is 283 g/mol. The summed E-state index contributed by atoms with van der Waals surface area (Å²) in [5.74, 6) is 1.55. The highest BCUT2D eigenvalue weighted by molar-refractivity contribution is 4.96. The van der Waals surface area contributed by atoms with Crippen molar-refractivity contribution in [3.05, 3.63) is 11.8 Å². The quantitative estimate of drug-likeness (QED) is 0.842. The second kappa shape index (κ2) is 6.17. The Kier molecular flexibility index (Phi) is 4.30.